The maximum absolute atomic E-state index is 12.5. The van der Waals surface area contributed by atoms with E-state index in [1.807, 2.05) is 16.3 Å². The summed E-state index contributed by atoms with van der Waals surface area (Å²) >= 11 is 3.17. The third-order valence-corrected chi connectivity index (χ3v) is 5.18. The number of thiophene rings is 1. The zero-order chi connectivity index (χ0) is 13.2. The second kappa shape index (κ2) is 5.40. The summed E-state index contributed by atoms with van der Waals surface area (Å²) in [7, 11) is 0. The fourth-order valence-electron chi connectivity index (χ4n) is 2.44. The zero-order valence-electron chi connectivity index (χ0n) is 10.4. The van der Waals surface area contributed by atoms with Gasteiger partial charge in [0.05, 0.1) is 6.04 Å². The number of aromatic nitrogens is 1. The van der Waals surface area contributed by atoms with E-state index in [2.05, 4.69) is 16.4 Å². The van der Waals surface area contributed by atoms with E-state index in [4.69, 9.17) is 5.73 Å². The standard InChI is InChI=1S/C13H15N3OS2/c14-7-12-15-9(8-19-12)13(17)16-5-1-3-10(16)11-4-2-6-18-11/h2,4,6,8,10H,1,3,5,7,14H2. The van der Waals surface area contributed by atoms with Gasteiger partial charge in [-0.05, 0) is 24.3 Å². The number of nitrogens with zero attached hydrogens (tertiary/aromatic N) is 2. The Morgan fingerprint density at radius 2 is 2.42 bits per heavy atom. The van der Waals surface area contributed by atoms with E-state index >= 15 is 0 Å². The molecule has 0 radical (unpaired) electrons. The van der Waals surface area contributed by atoms with Gasteiger partial charge >= 0.3 is 0 Å². The van der Waals surface area contributed by atoms with E-state index < -0.39 is 0 Å². The van der Waals surface area contributed by atoms with Crippen LogP contribution in [0, 0.1) is 0 Å². The van der Waals surface area contributed by atoms with Gasteiger partial charge in [0.15, 0.2) is 0 Å². The Morgan fingerprint density at radius 3 is 3.11 bits per heavy atom. The molecule has 0 bridgehead atoms. The molecule has 1 aliphatic heterocycles. The minimum atomic E-state index is 0.0341. The number of amides is 1. The van der Waals surface area contributed by atoms with Crippen molar-refractivity contribution in [3.63, 3.8) is 0 Å². The van der Waals surface area contributed by atoms with E-state index in [1.165, 1.54) is 16.2 Å². The number of carbonyl (C=O) groups excluding carboxylic acids is 1. The average Bonchev–Trinajstić information content (AvgIpc) is 3.16. The smallest absolute Gasteiger partial charge is 0.273 e. The molecule has 2 aromatic rings. The molecule has 1 atom stereocenters. The Hall–Kier alpha value is -1.24. The third kappa shape index (κ3) is 2.43. The van der Waals surface area contributed by atoms with Crippen LogP contribution >= 0.6 is 22.7 Å². The van der Waals surface area contributed by atoms with Crippen molar-refractivity contribution in [1.29, 1.82) is 0 Å². The monoisotopic (exact) mass is 293 g/mol. The van der Waals surface area contributed by atoms with Crippen LogP contribution in [-0.2, 0) is 6.54 Å². The maximum Gasteiger partial charge on any atom is 0.273 e. The maximum atomic E-state index is 12.5. The van der Waals surface area contributed by atoms with E-state index in [9.17, 15) is 4.79 Å². The predicted octanol–water partition coefficient (Wildman–Crippen LogP) is 2.64. The van der Waals surface area contributed by atoms with Crippen molar-refractivity contribution in [2.45, 2.75) is 25.4 Å². The van der Waals surface area contributed by atoms with Crippen LogP contribution in [0.15, 0.2) is 22.9 Å². The van der Waals surface area contributed by atoms with Crippen LogP contribution in [0.2, 0.25) is 0 Å². The van der Waals surface area contributed by atoms with E-state index in [0.717, 1.165) is 24.4 Å². The number of thiazole rings is 1. The molecule has 100 valence electrons. The molecule has 1 unspecified atom stereocenters. The van der Waals surface area contributed by atoms with E-state index in [1.54, 1.807) is 11.3 Å². The highest BCUT2D eigenvalue weighted by Gasteiger charge is 2.32. The molecule has 2 aromatic heterocycles. The summed E-state index contributed by atoms with van der Waals surface area (Å²) in [5.41, 5.74) is 6.08. The van der Waals surface area contributed by atoms with Crippen LogP contribution in [0.1, 0.15) is 39.3 Å². The number of nitrogens with two attached hydrogens (primary N) is 1. The largest absolute Gasteiger partial charge is 0.329 e. The molecule has 1 fully saturated rings. The molecule has 0 aliphatic carbocycles. The van der Waals surface area contributed by atoms with Gasteiger partial charge in [0.2, 0.25) is 0 Å². The van der Waals surface area contributed by atoms with E-state index in [0.29, 0.717) is 12.2 Å². The molecular weight excluding hydrogens is 278 g/mol. The number of rotatable bonds is 3. The summed E-state index contributed by atoms with van der Waals surface area (Å²) in [6, 6.07) is 4.36. The molecule has 2 N–H and O–H groups in total. The van der Waals surface area contributed by atoms with Gasteiger partial charge in [-0.15, -0.1) is 22.7 Å². The van der Waals surface area contributed by atoms with Gasteiger partial charge in [-0.1, -0.05) is 6.07 Å². The number of carbonyl (C=O) groups is 1. The molecule has 19 heavy (non-hydrogen) atoms. The second-order valence-electron chi connectivity index (χ2n) is 4.50. The second-order valence-corrected chi connectivity index (χ2v) is 6.42. The van der Waals surface area contributed by atoms with Crippen molar-refractivity contribution in [3.05, 3.63) is 38.5 Å². The van der Waals surface area contributed by atoms with Crippen molar-refractivity contribution in [2.24, 2.45) is 5.73 Å². The minimum absolute atomic E-state index is 0.0341. The van der Waals surface area contributed by atoms with Crippen LogP contribution in [0.25, 0.3) is 0 Å². The molecule has 0 spiro atoms. The van der Waals surface area contributed by atoms with Crippen molar-refractivity contribution in [2.75, 3.05) is 6.54 Å². The molecule has 0 saturated carbocycles. The normalized spacial score (nSPS) is 19.0. The van der Waals surface area contributed by atoms with E-state index in [-0.39, 0.29) is 11.9 Å². The first kappa shape index (κ1) is 12.8. The lowest BCUT2D eigenvalue weighted by atomic mass is 10.2. The fraction of sp³-hybridized carbons (Fsp3) is 0.385. The highest BCUT2D eigenvalue weighted by Crippen LogP contribution is 2.35. The highest BCUT2D eigenvalue weighted by molar-refractivity contribution is 7.10. The average molecular weight is 293 g/mol. The highest BCUT2D eigenvalue weighted by atomic mass is 32.1. The Kier molecular flexibility index (Phi) is 3.63. The first-order valence-corrected chi connectivity index (χ1v) is 8.04. The quantitative estimate of drug-likeness (QED) is 0.946. The van der Waals surface area contributed by atoms with Crippen LogP contribution < -0.4 is 5.73 Å². The first-order valence-electron chi connectivity index (χ1n) is 6.28. The Morgan fingerprint density at radius 1 is 1.53 bits per heavy atom. The number of hydrogen-bond acceptors (Lipinski definition) is 5. The van der Waals surface area contributed by atoms with Crippen LogP contribution in [-0.4, -0.2) is 22.3 Å². The predicted molar refractivity (Wildman–Crippen MR) is 77.3 cm³/mol. The number of hydrogen-bond donors (Lipinski definition) is 1. The summed E-state index contributed by atoms with van der Waals surface area (Å²) in [6.45, 7) is 1.21. The van der Waals surface area contributed by atoms with Crippen molar-refractivity contribution < 1.29 is 4.79 Å². The Balaban J connectivity index is 1.82. The van der Waals surface area contributed by atoms with Gasteiger partial charge in [-0.3, -0.25) is 4.79 Å². The van der Waals surface area contributed by atoms with Crippen LogP contribution in [0.4, 0.5) is 0 Å². The molecule has 6 heteroatoms. The molecule has 3 heterocycles. The number of likely N-dealkylation sites (tertiary alicyclic amines) is 1. The molecule has 4 nitrogen and oxygen atoms in total. The summed E-state index contributed by atoms with van der Waals surface area (Å²) in [5.74, 6) is 0.0341. The molecule has 1 saturated heterocycles. The van der Waals surface area contributed by atoms with Crippen molar-refractivity contribution in [1.82, 2.24) is 9.88 Å². The third-order valence-electron chi connectivity index (χ3n) is 3.33. The zero-order valence-corrected chi connectivity index (χ0v) is 12.0. The molecular formula is C13H15N3OS2. The Bertz CT molecular complexity index is 564. The minimum Gasteiger partial charge on any atom is -0.329 e. The molecule has 3 rings (SSSR count). The van der Waals surface area contributed by atoms with Gasteiger partial charge < -0.3 is 10.6 Å². The van der Waals surface area contributed by atoms with Crippen molar-refractivity contribution >= 4 is 28.6 Å². The van der Waals surface area contributed by atoms with Gasteiger partial charge in [-0.2, -0.15) is 0 Å². The van der Waals surface area contributed by atoms with Crippen LogP contribution in [0.5, 0.6) is 0 Å². The SMILES string of the molecule is NCc1nc(C(=O)N2CCCC2c2cccs2)cs1. The fourth-order valence-corrected chi connectivity index (χ4v) is 3.96. The summed E-state index contributed by atoms with van der Waals surface area (Å²) in [6.07, 6.45) is 2.10. The lowest BCUT2D eigenvalue weighted by Crippen LogP contribution is -2.30. The van der Waals surface area contributed by atoms with Gasteiger partial charge in [-0.25, -0.2) is 4.98 Å². The summed E-state index contributed by atoms with van der Waals surface area (Å²) < 4.78 is 0. The first-order chi connectivity index (χ1) is 9.29. The molecule has 0 aromatic carbocycles. The summed E-state index contributed by atoms with van der Waals surface area (Å²) in [4.78, 5) is 20.0. The van der Waals surface area contributed by atoms with Gasteiger partial charge in [0.1, 0.15) is 10.7 Å². The summed E-state index contributed by atoms with van der Waals surface area (Å²) in [5, 5.41) is 4.69. The molecule has 1 amide bonds. The topological polar surface area (TPSA) is 59.2 Å². The molecule has 1 aliphatic rings. The van der Waals surface area contributed by atoms with Crippen LogP contribution in [0.3, 0.4) is 0 Å². The van der Waals surface area contributed by atoms with Gasteiger partial charge in [0, 0.05) is 23.3 Å². The van der Waals surface area contributed by atoms with Crippen molar-refractivity contribution in [3.8, 4) is 0 Å². The lowest BCUT2D eigenvalue weighted by Gasteiger charge is -2.22. The van der Waals surface area contributed by atoms with Gasteiger partial charge in [0.25, 0.3) is 5.91 Å². The lowest BCUT2D eigenvalue weighted by molar-refractivity contribution is 0.0732. The Labute approximate surface area is 119 Å².